The first-order chi connectivity index (χ1) is 11.9. The van der Waals surface area contributed by atoms with E-state index >= 15 is 0 Å². The van der Waals surface area contributed by atoms with Crippen LogP contribution in [0.4, 0.5) is 16.2 Å². The van der Waals surface area contributed by atoms with E-state index in [2.05, 4.69) is 10.7 Å². The Morgan fingerprint density at radius 2 is 1.92 bits per heavy atom. The third kappa shape index (κ3) is 3.35. The highest BCUT2D eigenvalue weighted by Gasteiger charge is 2.27. The molecule has 0 saturated carbocycles. The Labute approximate surface area is 147 Å². The Morgan fingerprint density at radius 3 is 2.56 bits per heavy atom. The number of amides is 1. The number of aromatic hydroxyl groups is 3. The Morgan fingerprint density at radius 1 is 1.24 bits per heavy atom. The standard InChI is InChI=1S/C16H16ClN3O5/c17-14-10-5-6-13(18-16(24)25)19-20(8-1-3-9(21)4-2-8)11(10)7-12(22)15(14)23/h1-4,7,13,18-19,21-23H,5-6H2,(H,24,25). The van der Waals surface area contributed by atoms with Crippen LogP contribution in [0.2, 0.25) is 5.02 Å². The lowest BCUT2D eigenvalue weighted by Gasteiger charge is -2.29. The third-order valence-electron chi connectivity index (χ3n) is 3.91. The average Bonchev–Trinajstić information content (AvgIpc) is 2.73. The number of rotatable bonds is 2. The van der Waals surface area contributed by atoms with Crippen LogP contribution in [0.15, 0.2) is 30.3 Å². The van der Waals surface area contributed by atoms with E-state index in [0.29, 0.717) is 29.8 Å². The van der Waals surface area contributed by atoms with Crippen molar-refractivity contribution in [1.82, 2.24) is 10.7 Å². The maximum atomic E-state index is 11.0. The average molecular weight is 366 g/mol. The monoisotopic (exact) mass is 365 g/mol. The van der Waals surface area contributed by atoms with Crippen LogP contribution in [-0.4, -0.2) is 32.7 Å². The van der Waals surface area contributed by atoms with Crippen molar-refractivity contribution in [2.75, 3.05) is 5.01 Å². The molecule has 1 atom stereocenters. The summed E-state index contributed by atoms with van der Waals surface area (Å²) in [5.74, 6) is -0.736. The zero-order valence-electron chi connectivity index (χ0n) is 12.9. The number of carbonyl (C=O) groups is 1. The van der Waals surface area contributed by atoms with Gasteiger partial charge in [0.2, 0.25) is 0 Å². The van der Waals surface area contributed by atoms with Crippen LogP contribution in [0.1, 0.15) is 12.0 Å². The summed E-state index contributed by atoms with van der Waals surface area (Å²) in [4.78, 5) is 11.0. The number of benzene rings is 2. The van der Waals surface area contributed by atoms with Gasteiger partial charge >= 0.3 is 6.09 Å². The molecule has 1 amide bonds. The lowest BCUT2D eigenvalue weighted by molar-refractivity contribution is 0.186. The largest absolute Gasteiger partial charge is 0.508 e. The van der Waals surface area contributed by atoms with Gasteiger partial charge in [0.1, 0.15) is 11.9 Å². The van der Waals surface area contributed by atoms with Crippen LogP contribution in [0.5, 0.6) is 17.2 Å². The summed E-state index contributed by atoms with van der Waals surface area (Å²) in [5, 5.41) is 42.2. The molecular weight excluding hydrogens is 350 g/mol. The van der Waals surface area contributed by atoms with Crippen molar-refractivity contribution in [3.63, 3.8) is 0 Å². The number of carboxylic acid groups (broad SMARTS) is 1. The second kappa shape index (κ2) is 6.58. The van der Waals surface area contributed by atoms with E-state index in [0.717, 1.165) is 0 Å². The molecule has 0 radical (unpaired) electrons. The minimum atomic E-state index is -1.19. The first kappa shape index (κ1) is 17.0. The summed E-state index contributed by atoms with van der Waals surface area (Å²) >= 11 is 6.18. The molecule has 132 valence electrons. The third-order valence-corrected chi connectivity index (χ3v) is 4.32. The van der Waals surface area contributed by atoms with Crippen molar-refractivity contribution in [3.05, 3.63) is 40.9 Å². The second-order valence-electron chi connectivity index (χ2n) is 5.58. The zero-order valence-corrected chi connectivity index (χ0v) is 13.7. The van der Waals surface area contributed by atoms with Gasteiger partial charge < -0.3 is 25.7 Å². The number of halogens is 1. The number of fused-ring (bicyclic) bond motifs is 1. The van der Waals surface area contributed by atoms with Crippen LogP contribution in [0.25, 0.3) is 0 Å². The van der Waals surface area contributed by atoms with Crippen molar-refractivity contribution < 1.29 is 25.2 Å². The van der Waals surface area contributed by atoms with Crippen LogP contribution in [0, 0.1) is 0 Å². The molecule has 0 fully saturated rings. The predicted octanol–water partition coefficient (Wildman–Crippen LogP) is 2.64. The first-order valence-corrected chi connectivity index (χ1v) is 7.82. The van der Waals surface area contributed by atoms with Gasteiger partial charge in [-0.3, -0.25) is 5.01 Å². The van der Waals surface area contributed by atoms with Crippen LogP contribution < -0.4 is 15.8 Å². The first-order valence-electron chi connectivity index (χ1n) is 7.45. The fourth-order valence-electron chi connectivity index (χ4n) is 2.74. The maximum absolute atomic E-state index is 11.0. The number of nitrogens with zero attached hydrogens (tertiary/aromatic N) is 1. The smallest absolute Gasteiger partial charge is 0.405 e. The Bertz CT molecular complexity index is 812. The lowest BCUT2D eigenvalue weighted by atomic mass is 10.1. The molecule has 1 aliphatic rings. The number of nitrogens with one attached hydrogen (secondary N) is 2. The normalized spacial score (nSPS) is 16.8. The SMILES string of the molecule is O=C(O)NC1CCc2c(cc(O)c(O)c2Cl)N(c2ccc(O)cc2)N1. The van der Waals surface area contributed by atoms with E-state index in [4.69, 9.17) is 16.7 Å². The van der Waals surface area contributed by atoms with E-state index in [1.165, 1.54) is 18.2 Å². The van der Waals surface area contributed by atoms with E-state index in [-0.39, 0.29) is 16.5 Å². The number of hydrogen-bond acceptors (Lipinski definition) is 6. The molecule has 0 saturated heterocycles. The van der Waals surface area contributed by atoms with Gasteiger partial charge in [0.25, 0.3) is 0 Å². The summed E-state index contributed by atoms with van der Waals surface area (Å²) < 4.78 is 0. The Balaban J connectivity index is 2.11. The van der Waals surface area contributed by atoms with Crippen molar-refractivity contribution in [3.8, 4) is 17.2 Å². The number of hydrazine groups is 1. The van der Waals surface area contributed by atoms with E-state index in [9.17, 15) is 20.1 Å². The minimum absolute atomic E-state index is 0.0107. The van der Waals surface area contributed by atoms with Crippen LogP contribution in [-0.2, 0) is 6.42 Å². The van der Waals surface area contributed by atoms with Crippen molar-refractivity contribution >= 4 is 29.1 Å². The lowest BCUT2D eigenvalue weighted by Crippen LogP contribution is -2.50. The molecule has 1 aliphatic heterocycles. The van der Waals surface area contributed by atoms with Gasteiger partial charge in [-0.15, -0.1) is 0 Å². The molecule has 0 aromatic heterocycles. The molecule has 0 bridgehead atoms. The molecule has 1 unspecified atom stereocenters. The molecule has 0 aliphatic carbocycles. The highest BCUT2D eigenvalue weighted by molar-refractivity contribution is 6.33. The number of anilines is 2. The van der Waals surface area contributed by atoms with Crippen LogP contribution in [0.3, 0.4) is 0 Å². The molecule has 25 heavy (non-hydrogen) atoms. The summed E-state index contributed by atoms with van der Waals surface area (Å²) in [6.45, 7) is 0. The number of hydrogen-bond donors (Lipinski definition) is 6. The van der Waals surface area contributed by atoms with Gasteiger partial charge in [-0.1, -0.05) is 11.6 Å². The molecule has 8 nitrogen and oxygen atoms in total. The molecule has 0 spiro atoms. The molecule has 1 heterocycles. The summed E-state index contributed by atoms with van der Waals surface area (Å²) in [7, 11) is 0. The van der Waals surface area contributed by atoms with Crippen molar-refractivity contribution in [1.29, 1.82) is 0 Å². The molecule has 2 aromatic carbocycles. The van der Waals surface area contributed by atoms with Gasteiger partial charge in [0.15, 0.2) is 11.5 Å². The quantitative estimate of drug-likeness (QED) is 0.452. The van der Waals surface area contributed by atoms with Gasteiger partial charge in [-0.2, -0.15) is 0 Å². The molecule has 3 rings (SSSR count). The Hall–Kier alpha value is -2.84. The predicted molar refractivity (Wildman–Crippen MR) is 91.4 cm³/mol. The zero-order chi connectivity index (χ0) is 18.1. The topological polar surface area (TPSA) is 125 Å². The fraction of sp³-hybridized carbons (Fsp3) is 0.188. The summed E-state index contributed by atoms with van der Waals surface area (Å²) in [5.41, 5.74) is 4.64. The van der Waals surface area contributed by atoms with E-state index in [1.807, 2.05) is 0 Å². The van der Waals surface area contributed by atoms with Crippen LogP contribution >= 0.6 is 11.6 Å². The second-order valence-corrected chi connectivity index (χ2v) is 5.96. The van der Waals surface area contributed by atoms with Crippen molar-refractivity contribution in [2.24, 2.45) is 0 Å². The van der Waals surface area contributed by atoms with Gasteiger partial charge in [0.05, 0.1) is 16.4 Å². The van der Waals surface area contributed by atoms with Gasteiger partial charge in [-0.05, 0) is 37.1 Å². The molecule has 2 aromatic rings. The molecular formula is C16H16ClN3O5. The fourth-order valence-corrected chi connectivity index (χ4v) is 3.03. The summed E-state index contributed by atoms with van der Waals surface area (Å²) in [6, 6.07) is 7.53. The van der Waals surface area contributed by atoms with Crippen molar-refractivity contribution in [2.45, 2.75) is 19.0 Å². The minimum Gasteiger partial charge on any atom is -0.508 e. The maximum Gasteiger partial charge on any atom is 0.405 e. The molecule has 6 N–H and O–H groups in total. The Kier molecular flexibility index (Phi) is 4.47. The number of phenolic OH excluding ortho intramolecular Hbond substituents is 3. The highest BCUT2D eigenvalue weighted by atomic mass is 35.5. The summed E-state index contributed by atoms with van der Waals surface area (Å²) in [6.07, 6.45) is -1.07. The van der Waals surface area contributed by atoms with Gasteiger partial charge in [-0.25, -0.2) is 10.2 Å². The molecule has 9 heteroatoms. The highest BCUT2D eigenvalue weighted by Crippen LogP contribution is 2.44. The number of phenols is 3. The van der Waals surface area contributed by atoms with E-state index in [1.54, 1.807) is 17.1 Å². The van der Waals surface area contributed by atoms with Gasteiger partial charge in [0, 0.05) is 11.6 Å². The van der Waals surface area contributed by atoms with E-state index < -0.39 is 18.0 Å².